The number of carbonyl (C=O) groups is 3. The van der Waals surface area contributed by atoms with Crippen molar-refractivity contribution in [1.82, 2.24) is 4.90 Å². The van der Waals surface area contributed by atoms with Gasteiger partial charge < -0.3 is 24.6 Å². The summed E-state index contributed by atoms with van der Waals surface area (Å²) in [5.74, 6) is -1.31. The zero-order chi connectivity index (χ0) is 21.0. The van der Waals surface area contributed by atoms with Crippen molar-refractivity contribution in [2.45, 2.75) is 25.0 Å². The molecule has 30 heavy (non-hydrogen) atoms. The van der Waals surface area contributed by atoms with Crippen LogP contribution in [0.2, 0.25) is 0 Å². The maximum atomic E-state index is 13.2. The van der Waals surface area contributed by atoms with Crippen molar-refractivity contribution in [2.75, 3.05) is 43.6 Å². The minimum atomic E-state index is -0.711. The van der Waals surface area contributed by atoms with Gasteiger partial charge in [-0.2, -0.15) is 0 Å². The van der Waals surface area contributed by atoms with Crippen LogP contribution in [-0.2, 0) is 30.3 Å². The van der Waals surface area contributed by atoms with Crippen molar-refractivity contribution in [3.8, 4) is 0 Å². The van der Waals surface area contributed by atoms with E-state index >= 15 is 0 Å². The molecule has 4 aliphatic heterocycles. The Bertz CT molecular complexity index is 960. The van der Waals surface area contributed by atoms with Gasteiger partial charge in [-0.15, -0.1) is 0 Å². The van der Waals surface area contributed by atoms with Gasteiger partial charge in [-0.25, -0.2) is 0 Å². The van der Waals surface area contributed by atoms with E-state index < -0.39 is 17.4 Å². The first-order chi connectivity index (χ1) is 14.4. The molecule has 8 nitrogen and oxygen atoms in total. The summed E-state index contributed by atoms with van der Waals surface area (Å²) in [4.78, 5) is 41.4. The summed E-state index contributed by atoms with van der Waals surface area (Å²) in [5.41, 5.74) is 1.89. The topological polar surface area (TPSA) is 88.2 Å². The zero-order valence-electron chi connectivity index (χ0n) is 17.1. The van der Waals surface area contributed by atoms with E-state index in [4.69, 9.17) is 9.47 Å². The molecule has 3 amide bonds. The van der Waals surface area contributed by atoms with Crippen LogP contribution in [0.3, 0.4) is 0 Å². The van der Waals surface area contributed by atoms with E-state index in [1.807, 2.05) is 24.3 Å². The molecule has 1 spiro atoms. The van der Waals surface area contributed by atoms with E-state index in [-0.39, 0.29) is 23.8 Å². The van der Waals surface area contributed by atoms with Crippen LogP contribution in [0.5, 0.6) is 0 Å². The normalized spacial score (nSPS) is 30.7. The number of nitrogens with one attached hydrogen (secondary N) is 1. The van der Waals surface area contributed by atoms with Gasteiger partial charge in [0.15, 0.2) is 0 Å². The molecule has 0 unspecified atom stereocenters. The van der Waals surface area contributed by atoms with Crippen LogP contribution < -0.4 is 10.2 Å². The van der Waals surface area contributed by atoms with Crippen LogP contribution in [0, 0.1) is 11.8 Å². The molecule has 2 bridgehead atoms. The quantitative estimate of drug-likeness (QED) is 0.730. The van der Waals surface area contributed by atoms with Crippen LogP contribution in [0.4, 0.5) is 11.4 Å². The molecule has 8 heteroatoms. The maximum Gasteiger partial charge on any atom is 0.231 e. The lowest BCUT2D eigenvalue weighted by molar-refractivity contribution is -0.136. The predicted octanol–water partition coefficient (Wildman–Crippen LogP) is 0.962. The number of methoxy groups -OCH3 is 1. The van der Waals surface area contributed by atoms with E-state index in [1.165, 1.54) is 0 Å². The molecule has 4 heterocycles. The average molecular weight is 411 g/mol. The second-order valence-electron chi connectivity index (χ2n) is 8.41. The van der Waals surface area contributed by atoms with Crippen molar-refractivity contribution in [3.05, 3.63) is 35.9 Å². The average Bonchev–Trinajstić information content (AvgIpc) is 3.45. The number of fused-ring (bicyclic) bond motifs is 2. The third-order valence-corrected chi connectivity index (χ3v) is 6.67. The van der Waals surface area contributed by atoms with Crippen molar-refractivity contribution in [3.63, 3.8) is 0 Å². The van der Waals surface area contributed by atoms with Crippen LogP contribution in [-0.4, -0.2) is 67.7 Å². The molecule has 0 saturated carbocycles. The molecular formula is C22H25N3O5. The maximum absolute atomic E-state index is 13.2. The monoisotopic (exact) mass is 411 g/mol. The van der Waals surface area contributed by atoms with Crippen molar-refractivity contribution < 1.29 is 23.9 Å². The van der Waals surface area contributed by atoms with Crippen LogP contribution >= 0.6 is 0 Å². The number of hydrogen-bond donors (Lipinski definition) is 1. The summed E-state index contributed by atoms with van der Waals surface area (Å²) in [6, 6.07) is 5.58. The number of amides is 3. The predicted molar refractivity (Wildman–Crippen MR) is 109 cm³/mol. The van der Waals surface area contributed by atoms with Gasteiger partial charge in [-0.05, 0) is 30.2 Å². The molecular weight excluding hydrogens is 386 g/mol. The Morgan fingerprint density at radius 1 is 1.37 bits per heavy atom. The highest BCUT2D eigenvalue weighted by atomic mass is 16.5. The minimum Gasteiger partial charge on any atom is -0.383 e. The summed E-state index contributed by atoms with van der Waals surface area (Å²) >= 11 is 0. The summed E-state index contributed by atoms with van der Waals surface area (Å²) in [6.07, 6.45) is 4.23. The summed E-state index contributed by atoms with van der Waals surface area (Å²) in [7, 11) is 1.60. The highest BCUT2D eigenvalue weighted by Crippen LogP contribution is 2.52. The highest BCUT2D eigenvalue weighted by molar-refractivity contribution is 6.00. The molecule has 1 N–H and O–H groups in total. The van der Waals surface area contributed by atoms with Gasteiger partial charge in [0.05, 0.1) is 31.1 Å². The number of anilines is 2. The van der Waals surface area contributed by atoms with Gasteiger partial charge >= 0.3 is 0 Å². The number of rotatable bonds is 5. The molecule has 1 aromatic carbocycles. The Morgan fingerprint density at radius 2 is 2.20 bits per heavy atom. The molecule has 0 radical (unpaired) electrons. The second-order valence-corrected chi connectivity index (χ2v) is 8.41. The number of benzene rings is 1. The summed E-state index contributed by atoms with van der Waals surface area (Å²) < 4.78 is 11.2. The van der Waals surface area contributed by atoms with Gasteiger partial charge in [0, 0.05) is 38.5 Å². The molecule has 0 aliphatic carbocycles. The largest absolute Gasteiger partial charge is 0.383 e. The fourth-order valence-corrected chi connectivity index (χ4v) is 5.30. The molecule has 4 atom stereocenters. The Labute approximate surface area is 174 Å². The van der Waals surface area contributed by atoms with Crippen molar-refractivity contribution in [1.29, 1.82) is 0 Å². The smallest absolute Gasteiger partial charge is 0.231 e. The van der Waals surface area contributed by atoms with E-state index in [0.717, 1.165) is 17.7 Å². The summed E-state index contributed by atoms with van der Waals surface area (Å²) in [6.45, 7) is 3.60. The SMILES string of the molecule is COCCN1C[C@@]23C=C[C@@H](O2)[C@@H](C(=O)Nc2ccc4c(c2)CCN4C(C)=O)[C@@H]3C1=O. The van der Waals surface area contributed by atoms with E-state index in [9.17, 15) is 14.4 Å². The number of hydrogen-bond acceptors (Lipinski definition) is 5. The van der Waals surface area contributed by atoms with Gasteiger partial charge in [0.2, 0.25) is 17.7 Å². The third kappa shape index (κ3) is 2.78. The highest BCUT2D eigenvalue weighted by Gasteiger charge is 2.66. The Balaban J connectivity index is 1.34. The Morgan fingerprint density at radius 3 is 2.97 bits per heavy atom. The lowest BCUT2D eigenvalue weighted by atomic mass is 9.76. The minimum absolute atomic E-state index is 0.0134. The van der Waals surface area contributed by atoms with Gasteiger partial charge in [0.25, 0.3) is 0 Å². The van der Waals surface area contributed by atoms with Crippen molar-refractivity contribution >= 4 is 29.1 Å². The summed E-state index contributed by atoms with van der Waals surface area (Å²) in [5, 5.41) is 2.98. The zero-order valence-corrected chi connectivity index (χ0v) is 17.1. The van der Waals surface area contributed by atoms with Gasteiger partial charge in [0.1, 0.15) is 5.60 Å². The number of nitrogens with zero attached hydrogens (tertiary/aromatic N) is 2. The molecule has 2 fully saturated rings. The number of likely N-dealkylation sites (tertiary alicyclic amines) is 1. The lowest BCUT2D eigenvalue weighted by Gasteiger charge is -2.23. The van der Waals surface area contributed by atoms with Gasteiger partial charge in [-0.3, -0.25) is 14.4 Å². The Kier molecular flexibility index (Phi) is 4.44. The standard InChI is InChI=1S/C22H25N3O5/c1-13(26)25-8-6-14-11-15(3-4-16(14)25)23-20(27)18-17-5-7-22(30-17)12-24(9-10-29-2)21(28)19(18)22/h3-5,7,11,17-19H,6,8-10,12H2,1-2H3,(H,23,27)/t17-,18-,19-,22-/m1/s1. The third-order valence-electron chi connectivity index (χ3n) is 6.67. The lowest BCUT2D eigenvalue weighted by Crippen LogP contribution is -2.41. The van der Waals surface area contributed by atoms with Crippen LogP contribution in [0.25, 0.3) is 0 Å². The van der Waals surface area contributed by atoms with Crippen LogP contribution in [0.15, 0.2) is 30.4 Å². The molecule has 5 rings (SSSR count). The van der Waals surface area contributed by atoms with E-state index in [2.05, 4.69) is 5.32 Å². The van der Waals surface area contributed by atoms with Crippen LogP contribution in [0.1, 0.15) is 12.5 Å². The number of carbonyl (C=O) groups excluding carboxylic acids is 3. The first-order valence-electron chi connectivity index (χ1n) is 10.3. The molecule has 0 aromatic heterocycles. The molecule has 2 saturated heterocycles. The first-order valence-corrected chi connectivity index (χ1v) is 10.3. The second kappa shape index (κ2) is 6.92. The fourth-order valence-electron chi connectivity index (χ4n) is 5.30. The first kappa shape index (κ1) is 19.3. The van der Waals surface area contributed by atoms with Gasteiger partial charge in [-0.1, -0.05) is 12.2 Å². The molecule has 1 aromatic rings. The number of ether oxygens (including phenoxy) is 2. The fraction of sp³-hybridized carbons (Fsp3) is 0.500. The van der Waals surface area contributed by atoms with E-state index in [0.29, 0.717) is 31.9 Å². The molecule has 4 aliphatic rings. The van der Waals surface area contributed by atoms with E-state index in [1.54, 1.807) is 29.9 Å². The Hall–Kier alpha value is -2.71. The molecule has 158 valence electrons. The van der Waals surface area contributed by atoms with Crippen molar-refractivity contribution in [2.24, 2.45) is 11.8 Å².